The number of rotatable bonds is 6. The van der Waals surface area contributed by atoms with Crippen LogP contribution in [0.15, 0.2) is 41.5 Å². The molecule has 0 atom stereocenters. The first-order chi connectivity index (χ1) is 11.0. The molecule has 0 aliphatic carbocycles. The van der Waals surface area contributed by atoms with Gasteiger partial charge in [0.25, 0.3) is 0 Å². The summed E-state index contributed by atoms with van der Waals surface area (Å²) in [4.78, 5) is 10.8. The molecule has 0 fully saturated rings. The molecule has 2 aromatic rings. The van der Waals surface area contributed by atoms with Crippen molar-refractivity contribution in [1.82, 2.24) is 0 Å². The van der Waals surface area contributed by atoms with Crippen LogP contribution < -0.4 is 20.0 Å². The Bertz CT molecular complexity index is 701. The third-order valence-corrected chi connectivity index (χ3v) is 3.02. The van der Waals surface area contributed by atoms with Crippen molar-refractivity contribution in [3.05, 3.63) is 47.5 Å². The van der Waals surface area contributed by atoms with Gasteiger partial charge in [0.1, 0.15) is 11.5 Å². The Morgan fingerprint density at radius 2 is 1.74 bits per heavy atom. The van der Waals surface area contributed by atoms with E-state index in [1.165, 1.54) is 32.6 Å². The molecule has 0 heterocycles. The molecule has 0 radical (unpaired) electrons. The van der Waals surface area contributed by atoms with E-state index in [2.05, 4.69) is 10.5 Å². The van der Waals surface area contributed by atoms with Crippen LogP contribution >= 0.6 is 0 Å². The highest BCUT2D eigenvalue weighted by atomic mass is 16.5. The normalized spacial score (nSPS) is 10.5. The lowest BCUT2D eigenvalue weighted by Crippen LogP contribution is -2.01. The number of methoxy groups -OCH3 is 2. The zero-order chi connectivity index (χ0) is 16.8. The van der Waals surface area contributed by atoms with Crippen molar-refractivity contribution in [1.29, 1.82) is 0 Å². The summed E-state index contributed by atoms with van der Waals surface area (Å²) in [5.41, 5.74) is 4.21. The fraction of sp³-hybridized carbons (Fsp3) is 0.125. The van der Waals surface area contributed by atoms with Gasteiger partial charge < -0.3 is 19.7 Å². The second-order valence-electron chi connectivity index (χ2n) is 4.51. The van der Waals surface area contributed by atoms with Gasteiger partial charge in [-0.3, -0.25) is 5.43 Å². The van der Waals surface area contributed by atoms with E-state index in [4.69, 9.17) is 14.6 Å². The van der Waals surface area contributed by atoms with Crippen molar-refractivity contribution >= 4 is 17.9 Å². The molecule has 0 saturated heterocycles. The molecule has 2 rings (SSSR count). The van der Waals surface area contributed by atoms with Gasteiger partial charge in [-0.25, -0.2) is 4.79 Å². The molecule has 0 bridgehead atoms. The zero-order valence-electron chi connectivity index (χ0n) is 12.6. The van der Waals surface area contributed by atoms with E-state index in [1.807, 2.05) is 0 Å². The van der Waals surface area contributed by atoms with Crippen molar-refractivity contribution in [3.63, 3.8) is 0 Å². The summed E-state index contributed by atoms with van der Waals surface area (Å²) in [7, 11) is 2.80. The van der Waals surface area contributed by atoms with Crippen molar-refractivity contribution in [3.8, 4) is 17.2 Å². The van der Waals surface area contributed by atoms with Crippen LogP contribution in [0.5, 0.6) is 17.2 Å². The number of anilines is 1. The second kappa shape index (κ2) is 7.17. The fourth-order valence-corrected chi connectivity index (χ4v) is 1.84. The smallest absolute Gasteiger partial charge is 0.335 e. The van der Waals surface area contributed by atoms with Crippen molar-refractivity contribution in [2.24, 2.45) is 5.10 Å². The first kappa shape index (κ1) is 16.2. The van der Waals surface area contributed by atoms with E-state index in [9.17, 15) is 9.90 Å². The SMILES string of the molecule is COc1cc(/C=N/Nc2ccc(C(=O)O)cc2)cc(OC)c1[O-]. The van der Waals surface area contributed by atoms with Gasteiger partial charge >= 0.3 is 5.97 Å². The summed E-state index contributed by atoms with van der Waals surface area (Å²) in [6.07, 6.45) is 1.50. The molecule has 0 aliphatic rings. The average Bonchev–Trinajstić information content (AvgIpc) is 2.56. The highest BCUT2D eigenvalue weighted by Gasteiger charge is 2.04. The lowest BCUT2D eigenvalue weighted by Gasteiger charge is -2.17. The minimum atomic E-state index is -0.989. The predicted molar refractivity (Wildman–Crippen MR) is 83.6 cm³/mol. The zero-order valence-corrected chi connectivity index (χ0v) is 12.6. The van der Waals surface area contributed by atoms with Gasteiger partial charge in [0, 0.05) is 5.56 Å². The lowest BCUT2D eigenvalue weighted by atomic mass is 10.2. The van der Waals surface area contributed by atoms with Gasteiger partial charge in [0.05, 0.1) is 31.7 Å². The maximum Gasteiger partial charge on any atom is 0.335 e. The Balaban J connectivity index is 2.12. The van der Waals surface area contributed by atoms with E-state index < -0.39 is 5.97 Å². The number of carboxylic acid groups (broad SMARTS) is 1. The van der Waals surface area contributed by atoms with Crippen LogP contribution in [0.3, 0.4) is 0 Å². The highest BCUT2D eigenvalue weighted by molar-refractivity contribution is 5.88. The predicted octanol–water partition coefficient (Wildman–Crippen LogP) is 1.92. The van der Waals surface area contributed by atoms with Crippen molar-refractivity contribution in [2.75, 3.05) is 19.6 Å². The third kappa shape index (κ3) is 3.91. The standard InChI is InChI=1S/C16H16N2O5/c1-22-13-7-10(8-14(23-2)15(13)19)9-17-18-12-5-3-11(4-6-12)16(20)21/h3-9,18-19H,1-2H3,(H,20,21)/p-1/b17-9+. The quantitative estimate of drug-likeness (QED) is 0.623. The maximum absolute atomic E-state index is 11.8. The minimum absolute atomic E-state index is 0.164. The van der Waals surface area contributed by atoms with Crippen molar-refractivity contribution < 1.29 is 24.5 Å². The van der Waals surface area contributed by atoms with Crippen LogP contribution in [0.25, 0.3) is 0 Å². The van der Waals surface area contributed by atoms with Crippen LogP contribution in [-0.2, 0) is 0 Å². The summed E-state index contributed by atoms with van der Waals surface area (Å²) in [5, 5.41) is 24.7. The van der Waals surface area contributed by atoms with E-state index >= 15 is 0 Å². The summed E-state index contributed by atoms with van der Waals surface area (Å²) >= 11 is 0. The van der Waals surface area contributed by atoms with Gasteiger partial charge in [0.2, 0.25) is 0 Å². The number of aromatic carboxylic acids is 1. The number of hydrogen-bond acceptors (Lipinski definition) is 6. The van der Waals surface area contributed by atoms with Crippen LogP contribution in [0.1, 0.15) is 15.9 Å². The van der Waals surface area contributed by atoms with E-state index in [0.29, 0.717) is 11.3 Å². The molecular formula is C16H15N2O5-. The van der Waals surface area contributed by atoms with Crippen LogP contribution in [0, 0.1) is 0 Å². The molecule has 23 heavy (non-hydrogen) atoms. The van der Waals surface area contributed by atoms with Crippen molar-refractivity contribution in [2.45, 2.75) is 0 Å². The topological polar surface area (TPSA) is 103 Å². The third-order valence-electron chi connectivity index (χ3n) is 3.02. The van der Waals surface area contributed by atoms with Crippen LogP contribution in [0.2, 0.25) is 0 Å². The number of carbonyl (C=O) groups is 1. The van der Waals surface area contributed by atoms with E-state index in [-0.39, 0.29) is 22.8 Å². The molecule has 2 aromatic carbocycles. The Labute approximate surface area is 132 Å². The Hall–Kier alpha value is -3.22. The van der Waals surface area contributed by atoms with Crippen LogP contribution in [-0.4, -0.2) is 31.5 Å². The molecule has 0 amide bonds. The second-order valence-corrected chi connectivity index (χ2v) is 4.51. The molecule has 0 aromatic heterocycles. The molecular weight excluding hydrogens is 300 g/mol. The Morgan fingerprint density at radius 1 is 1.17 bits per heavy atom. The number of hydrazone groups is 1. The number of nitrogens with zero attached hydrogens (tertiary/aromatic N) is 1. The van der Waals surface area contributed by atoms with E-state index in [1.54, 1.807) is 24.3 Å². The highest BCUT2D eigenvalue weighted by Crippen LogP contribution is 2.34. The summed E-state index contributed by atoms with van der Waals surface area (Å²) < 4.78 is 10.00. The average molecular weight is 315 g/mol. The number of nitrogens with one attached hydrogen (secondary N) is 1. The number of carboxylic acids is 1. The van der Waals surface area contributed by atoms with Gasteiger partial charge in [0.15, 0.2) is 0 Å². The lowest BCUT2D eigenvalue weighted by molar-refractivity contribution is -0.271. The van der Waals surface area contributed by atoms with Crippen LogP contribution in [0.4, 0.5) is 5.69 Å². The molecule has 0 aliphatic heterocycles. The largest absolute Gasteiger partial charge is 0.867 e. The summed E-state index contributed by atoms with van der Waals surface area (Å²) in [5.74, 6) is -0.991. The molecule has 0 unspecified atom stereocenters. The number of hydrogen-bond donors (Lipinski definition) is 2. The molecule has 7 heteroatoms. The maximum atomic E-state index is 11.8. The van der Waals surface area contributed by atoms with E-state index in [0.717, 1.165) is 0 Å². The summed E-state index contributed by atoms with van der Waals surface area (Å²) in [6, 6.07) is 9.23. The Morgan fingerprint density at radius 3 is 2.22 bits per heavy atom. The summed E-state index contributed by atoms with van der Waals surface area (Å²) in [6.45, 7) is 0. The van der Waals surface area contributed by atoms with Gasteiger partial charge in [-0.05, 0) is 42.1 Å². The fourth-order valence-electron chi connectivity index (χ4n) is 1.84. The van der Waals surface area contributed by atoms with Gasteiger partial charge in [-0.2, -0.15) is 5.10 Å². The molecule has 0 spiro atoms. The first-order valence-electron chi connectivity index (χ1n) is 6.60. The Kier molecular flexibility index (Phi) is 5.03. The molecule has 0 saturated carbocycles. The minimum Gasteiger partial charge on any atom is -0.867 e. The molecule has 120 valence electrons. The number of benzene rings is 2. The first-order valence-corrected chi connectivity index (χ1v) is 6.60. The molecule has 7 nitrogen and oxygen atoms in total. The molecule has 2 N–H and O–H groups in total. The van der Waals surface area contributed by atoms with Gasteiger partial charge in [-0.15, -0.1) is 0 Å². The monoisotopic (exact) mass is 315 g/mol. The van der Waals surface area contributed by atoms with Gasteiger partial charge in [-0.1, -0.05) is 0 Å². The number of ether oxygens (including phenoxy) is 2.